The Labute approximate surface area is 180 Å². The minimum atomic E-state index is -4.46. The number of halogens is 3. The summed E-state index contributed by atoms with van der Waals surface area (Å²) in [5.41, 5.74) is 1.65. The monoisotopic (exact) mass is 442 g/mol. The summed E-state index contributed by atoms with van der Waals surface area (Å²) < 4.78 is 57.4. The van der Waals surface area contributed by atoms with Gasteiger partial charge >= 0.3 is 6.18 Å². The van der Waals surface area contributed by atoms with Crippen LogP contribution in [-0.2, 0) is 24.1 Å². The number of benzene rings is 2. The second-order valence-corrected chi connectivity index (χ2v) is 7.27. The van der Waals surface area contributed by atoms with Crippen LogP contribution in [0.3, 0.4) is 0 Å². The molecule has 0 spiro atoms. The minimum Gasteiger partial charge on any atom is -0.497 e. The van der Waals surface area contributed by atoms with Crippen molar-refractivity contribution in [1.82, 2.24) is 19.7 Å². The molecular formula is C22H17F3N4O3. The second kappa shape index (κ2) is 7.79. The quantitative estimate of drug-likeness (QED) is 0.448. The number of aromatic nitrogens is 4. The molecule has 164 valence electrons. The number of rotatable bonds is 4. The van der Waals surface area contributed by atoms with Gasteiger partial charge in [0.15, 0.2) is 5.69 Å². The van der Waals surface area contributed by atoms with Crippen molar-refractivity contribution < 1.29 is 27.2 Å². The van der Waals surface area contributed by atoms with Gasteiger partial charge in [-0.2, -0.15) is 18.2 Å². The summed E-state index contributed by atoms with van der Waals surface area (Å²) in [5, 5.41) is 3.84. The van der Waals surface area contributed by atoms with Crippen molar-refractivity contribution in [2.75, 3.05) is 7.11 Å². The highest BCUT2D eigenvalue weighted by atomic mass is 19.4. The van der Waals surface area contributed by atoms with E-state index < -0.39 is 11.7 Å². The van der Waals surface area contributed by atoms with E-state index in [2.05, 4.69) is 15.1 Å². The molecule has 10 heteroatoms. The lowest BCUT2D eigenvalue weighted by Gasteiger charge is -2.25. The molecule has 0 unspecified atom stereocenters. The molecule has 4 aromatic rings. The van der Waals surface area contributed by atoms with Crippen LogP contribution in [0.25, 0.3) is 23.0 Å². The molecule has 1 aliphatic heterocycles. The van der Waals surface area contributed by atoms with Gasteiger partial charge in [-0.05, 0) is 29.8 Å². The Morgan fingerprint density at radius 3 is 2.69 bits per heavy atom. The van der Waals surface area contributed by atoms with E-state index in [1.807, 2.05) is 28.8 Å². The molecule has 0 amide bonds. The summed E-state index contributed by atoms with van der Waals surface area (Å²) in [6.45, 7) is 0.816. The van der Waals surface area contributed by atoms with Crippen molar-refractivity contribution in [3.05, 3.63) is 71.7 Å². The number of ether oxygens (including phenoxy) is 2. The Kier molecular flexibility index (Phi) is 4.93. The zero-order valence-corrected chi connectivity index (χ0v) is 16.8. The van der Waals surface area contributed by atoms with Gasteiger partial charge in [0, 0.05) is 5.56 Å². The molecule has 0 radical (unpaired) electrons. The maximum Gasteiger partial charge on any atom is 0.416 e. The van der Waals surface area contributed by atoms with Gasteiger partial charge in [0.1, 0.15) is 11.9 Å². The standard InChI is InChI=1S/C22H17F3N4O3/c1-30-16-7-5-13(6-8-16)18-10-29-12-26-19(17(29)11-31-18)21-27-20(28-32-21)14-3-2-4-15(9-14)22(23,24)25/h2-9,12,18H,10-11H2,1H3/t18-/m1/s1. The van der Waals surface area contributed by atoms with Gasteiger partial charge in [-0.15, -0.1) is 0 Å². The van der Waals surface area contributed by atoms with E-state index in [1.54, 1.807) is 13.4 Å². The normalized spacial score (nSPS) is 16.1. The van der Waals surface area contributed by atoms with E-state index in [1.165, 1.54) is 12.1 Å². The van der Waals surface area contributed by atoms with Crippen molar-refractivity contribution in [3.63, 3.8) is 0 Å². The topological polar surface area (TPSA) is 75.2 Å². The minimum absolute atomic E-state index is 0.0562. The number of nitrogens with zero attached hydrogens (tertiary/aromatic N) is 4. The van der Waals surface area contributed by atoms with E-state index in [0.29, 0.717) is 12.2 Å². The molecule has 32 heavy (non-hydrogen) atoms. The van der Waals surface area contributed by atoms with E-state index in [9.17, 15) is 13.2 Å². The van der Waals surface area contributed by atoms with Gasteiger partial charge in [0.05, 0.1) is 37.8 Å². The maximum absolute atomic E-state index is 13.0. The third-order valence-electron chi connectivity index (χ3n) is 5.29. The van der Waals surface area contributed by atoms with Crippen LogP contribution < -0.4 is 4.74 Å². The molecule has 0 saturated heterocycles. The summed E-state index contributed by atoms with van der Waals surface area (Å²) >= 11 is 0. The first-order valence-corrected chi connectivity index (χ1v) is 9.73. The average molecular weight is 442 g/mol. The number of hydrogen-bond acceptors (Lipinski definition) is 6. The third-order valence-corrected chi connectivity index (χ3v) is 5.29. The van der Waals surface area contributed by atoms with Gasteiger partial charge in [-0.3, -0.25) is 0 Å². The molecular weight excluding hydrogens is 425 g/mol. The second-order valence-electron chi connectivity index (χ2n) is 7.27. The molecule has 2 aromatic heterocycles. The first-order chi connectivity index (χ1) is 15.4. The van der Waals surface area contributed by atoms with Crippen molar-refractivity contribution in [2.45, 2.75) is 25.4 Å². The van der Waals surface area contributed by atoms with Crippen molar-refractivity contribution >= 4 is 0 Å². The molecule has 0 fully saturated rings. The van der Waals surface area contributed by atoms with Crippen LogP contribution >= 0.6 is 0 Å². The zero-order chi connectivity index (χ0) is 22.3. The predicted octanol–water partition coefficient (Wildman–Crippen LogP) is 4.90. The Morgan fingerprint density at radius 2 is 1.94 bits per heavy atom. The van der Waals surface area contributed by atoms with Crippen molar-refractivity contribution in [3.8, 4) is 28.7 Å². The van der Waals surface area contributed by atoms with E-state index in [0.717, 1.165) is 29.1 Å². The van der Waals surface area contributed by atoms with E-state index in [4.69, 9.17) is 14.0 Å². The van der Waals surface area contributed by atoms with Crippen LogP contribution in [-0.4, -0.2) is 26.8 Å². The Morgan fingerprint density at radius 1 is 1.12 bits per heavy atom. The largest absolute Gasteiger partial charge is 0.497 e. The third kappa shape index (κ3) is 3.73. The number of hydrogen-bond donors (Lipinski definition) is 0. The summed E-state index contributed by atoms with van der Waals surface area (Å²) in [7, 11) is 1.61. The van der Waals surface area contributed by atoms with E-state index in [-0.39, 0.29) is 30.0 Å². The van der Waals surface area contributed by atoms with Gasteiger partial charge in [-0.1, -0.05) is 29.4 Å². The highest BCUT2D eigenvalue weighted by Crippen LogP contribution is 2.34. The van der Waals surface area contributed by atoms with Crippen molar-refractivity contribution in [2.24, 2.45) is 0 Å². The van der Waals surface area contributed by atoms with Crippen molar-refractivity contribution in [1.29, 1.82) is 0 Å². The molecule has 2 aromatic carbocycles. The first-order valence-electron chi connectivity index (χ1n) is 9.73. The Balaban J connectivity index is 1.38. The molecule has 3 heterocycles. The Hall–Kier alpha value is -3.66. The van der Waals surface area contributed by atoms with Crippen LogP contribution in [0.15, 0.2) is 59.4 Å². The summed E-state index contributed by atoms with van der Waals surface area (Å²) in [4.78, 5) is 8.63. The van der Waals surface area contributed by atoms with Gasteiger partial charge in [0.2, 0.25) is 5.82 Å². The van der Waals surface area contributed by atoms with Crippen LogP contribution in [0.4, 0.5) is 13.2 Å². The van der Waals surface area contributed by atoms with Gasteiger partial charge in [0.25, 0.3) is 5.89 Å². The average Bonchev–Trinajstić information content (AvgIpc) is 3.45. The number of alkyl halides is 3. The molecule has 7 nitrogen and oxygen atoms in total. The highest BCUT2D eigenvalue weighted by Gasteiger charge is 2.31. The molecule has 5 rings (SSSR count). The lowest BCUT2D eigenvalue weighted by molar-refractivity contribution is -0.137. The number of methoxy groups -OCH3 is 1. The molecule has 0 bridgehead atoms. The lowest BCUT2D eigenvalue weighted by atomic mass is 10.1. The Bertz CT molecular complexity index is 1250. The lowest BCUT2D eigenvalue weighted by Crippen LogP contribution is -2.20. The maximum atomic E-state index is 13.0. The molecule has 1 aliphatic rings. The summed E-state index contributed by atoms with van der Waals surface area (Å²) in [6, 6.07) is 12.4. The van der Waals surface area contributed by atoms with Gasteiger partial charge in [-0.25, -0.2) is 4.98 Å². The smallest absolute Gasteiger partial charge is 0.416 e. The van der Waals surface area contributed by atoms with E-state index >= 15 is 0 Å². The number of imidazole rings is 1. The van der Waals surface area contributed by atoms with Crippen LogP contribution in [0.2, 0.25) is 0 Å². The zero-order valence-electron chi connectivity index (χ0n) is 16.8. The fourth-order valence-corrected chi connectivity index (χ4v) is 3.60. The SMILES string of the molecule is COc1ccc([C@H]2Cn3cnc(-c4nc(-c5cccc(C(F)(F)F)c5)no4)c3CO2)cc1. The van der Waals surface area contributed by atoms with Crippen LogP contribution in [0.1, 0.15) is 22.9 Å². The molecule has 0 aliphatic carbocycles. The first kappa shape index (κ1) is 20.3. The fourth-order valence-electron chi connectivity index (χ4n) is 3.60. The number of fused-ring (bicyclic) bond motifs is 1. The van der Waals surface area contributed by atoms with Crippen LogP contribution in [0, 0.1) is 0 Å². The summed E-state index contributed by atoms with van der Waals surface area (Å²) in [6.07, 6.45) is -2.94. The fraction of sp³-hybridized carbons (Fsp3) is 0.227. The highest BCUT2D eigenvalue weighted by molar-refractivity contribution is 5.60. The summed E-state index contributed by atoms with van der Waals surface area (Å²) in [5.74, 6) is 0.946. The van der Waals surface area contributed by atoms with Crippen LogP contribution in [0.5, 0.6) is 5.75 Å². The van der Waals surface area contributed by atoms with Gasteiger partial charge < -0.3 is 18.6 Å². The molecule has 0 saturated carbocycles. The molecule has 1 atom stereocenters. The predicted molar refractivity (Wildman–Crippen MR) is 106 cm³/mol. The molecule has 0 N–H and O–H groups in total.